The van der Waals surface area contributed by atoms with Gasteiger partial charge in [0.05, 0.1) is 6.61 Å². The van der Waals surface area contributed by atoms with E-state index in [0.29, 0.717) is 30.3 Å². The normalized spacial score (nSPS) is 11.0. The molecule has 0 atom stereocenters. The number of ether oxygens (including phenoxy) is 2. The van der Waals surface area contributed by atoms with Gasteiger partial charge in [-0.15, -0.1) is 0 Å². The predicted octanol–water partition coefficient (Wildman–Crippen LogP) is 5.02. The summed E-state index contributed by atoms with van der Waals surface area (Å²) >= 11 is 3.55. The first kappa shape index (κ1) is 21.8. The molecule has 156 valence electrons. The maximum absolute atomic E-state index is 12.8. The lowest BCUT2D eigenvalue weighted by Crippen LogP contribution is -2.13. The lowest BCUT2D eigenvalue weighted by molar-refractivity contribution is 0.102. The Bertz CT molecular complexity index is 1030. The number of rotatable bonds is 9. The first-order valence-electron chi connectivity index (χ1n) is 9.55. The fraction of sp³-hybridized carbons (Fsp3) is 0.217. The molecule has 0 aliphatic rings. The van der Waals surface area contributed by atoms with Gasteiger partial charge in [0.15, 0.2) is 5.82 Å². The van der Waals surface area contributed by atoms with Crippen LogP contribution in [0, 0.1) is 0 Å². The second kappa shape index (κ2) is 10.8. The van der Waals surface area contributed by atoms with Crippen LogP contribution in [0.15, 0.2) is 59.2 Å². The molecule has 6 nitrogen and oxygen atoms in total. The van der Waals surface area contributed by atoms with Crippen molar-refractivity contribution >= 4 is 39.8 Å². The van der Waals surface area contributed by atoms with Crippen LogP contribution >= 0.6 is 15.9 Å². The molecule has 0 aliphatic carbocycles. The summed E-state index contributed by atoms with van der Waals surface area (Å²) in [4.78, 5) is 12.8. The Morgan fingerprint density at radius 1 is 1.17 bits per heavy atom. The Morgan fingerprint density at radius 2 is 2.00 bits per heavy atom. The average molecular weight is 470 g/mol. The van der Waals surface area contributed by atoms with Crippen molar-refractivity contribution in [3.05, 3.63) is 75.9 Å². The van der Waals surface area contributed by atoms with E-state index in [4.69, 9.17) is 9.47 Å². The number of nitrogens with zero attached hydrogens (tertiary/aromatic N) is 2. The number of benzene rings is 2. The van der Waals surface area contributed by atoms with Crippen molar-refractivity contribution in [3.8, 4) is 5.75 Å². The highest BCUT2D eigenvalue weighted by Crippen LogP contribution is 2.23. The summed E-state index contributed by atoms with van der Waals surface area (Å²) in [7, 11) is 3.46. The molecule has 0 fully saturated rings. The quantitative estimate of drug-likeness (QED) is 0.352. The maximum atomic E-state index is 12.8. The van der Waals surface area contributed by atoms with Crippen LogP contribution in [0.2, 0.25) is 0 Å². The largest absolute Gasteiger partial charge is 0.493 e. The van der Waals surface area contributed by atoms with Crippen LogP contribution in [0.25, 0.3) is 12.2 Å². The van der Waals surface area contributed by atoms with Crippen LogP contribution in [0.4, 0.5) is 5.82 Å². The van der Waals surface area contributed by atoms with Gasteiger partial charge in [0.2, 0.25) is 0 Å². The highest BCUT2D eigenvalue weighted by molar-refractivity contribution is 9.10. The molecule has 0 bridgehead atoms. The molecule has 2 aromatic carbocycles. The number of nitrogens with one attached hydrogen (secondary N) is 1. The number of aryl methyl sites for hydroxylation is 1. The average Bonchev–Trinajstić information content (AvgIpc) is 3.15. The van der Waals surface area contributed by atoms with E-state index in [2.05, 4.69) is 26.3 Å². The predicted molar refractivity (Wildman–Crippen MR) is 123 cm³/mol. The number of methoxy groups -OCH3 is 1. The fourth-order valence-corrected chi connectivity index (χ4v) is 3.21. The Hall–Kier alpha value is -2.90. The molecule has 0 radical (unpaired) electrons. The summed E-state index contributed by atoms with van der Waals surface area (Å²) in [5.41, 5.74) is 2.40. The molecule has 7 heteroatoms. The van der Waals surface area contributed by atoms with Crippen molar-refractivity contribution in [2.75, 3.05) is 25.6 Å². The first-order chi connectivity index (χ1) is 14.5. The Morgan fingerprint density at radius 3 is 2.73 bits per heavy atom. The van der Waals surface area contributed by atoms with Crippen LogP contribution in [-0.4, -0.2) is 36.0 Å². The molecule has 1 heterocycles. The molecule has 1 aromatic heterocycles. The molecule has 3 rings (SSSR count). The molecule has 0 aliphatic heterocycles. The number of carbonyl (C=O) groups is 1. The first-order valence-corrected chi connectivity index (χ1v) is 10.3. The van der Waals surface area contributed by atoms with Gasteiger partial charge in [-0.05, 0) is 35.4 Å². The van der Waals surface area contributed by atoms with E-state index in [1.807, 2.05) is 48.6 Å². The van der Waals surface area contributed by atoms with Gasteiger partial charge < -0.3 is 14.8 Å². The Kier molecular flexibility index (Phi) is 7.82. The van der Waals surface area contributed by atoms with Gasteiger partial charge >= 0.3 is 0 Å². The van der Waals surface area contributed by atoms with Gasteiger partial charge in [-0.25, -0.2) is 0 Å². The van der Waals surface area contributed by atoms with Gasteiger partial charge in [0, 0.05) is 49.5 Å². The van der Waals surface area contributed by atoms with Gasteiger partial charge in [0.25, 0.3) is 5.91 Å². The SMILES string of the molecule is COCCCOc1cc(/C=C/c2ccccc2Br)cc(C(=O)Nc2ccn(C)n2)c1. The minimum absolute atomic E-state index is 0.244. The molecule has 0 spiro atoms. The summed E-state index contributed by atoms with van der Waals surface area (Å²) in [5.74, 6) is 0.886. The highest BCUT2D eigenvalue weighted by atomic mass is 79.9. The summed E-state index contributed by atoms with van der Waals surface area (Å²) in [6.07, 6.45) is 6.49. The van der Waals surface area contributed by atoms with Crippen LogP contribution in [-0.2, 0) is 11.8 Å². The smallest absolute Gasteiger partial charge is 0.257 e. The molecule has 3 aromatic rings. The Labute approximate surface area is 184 Å². The topological polar surface area (TPSA) is 65.4 Å². The van der Waals surface area contributed by atoms with Gasteiger partial charge in [-0.3, -0.25) is 9.48 Å². The molecule has 0 saturated heterocycles. The van der Waals surface area contributed by atoms with E-state index in [-0.39, 0.29) is 5.91 Å². The van der Waals surface area contributed by atoms with Crippen molar-refractivity contribution in [1.29, 1.82) is 0 Å². The molecule has 0 saturated carbocycles. The van der Waals surface area contributed by atoms with E-state index in [1.165, 1.54) is 0 Å². The van der Waals surface area contributed by atoms with Crippen molar-refractivity contribution in [3.63, 3.8) is 0 Å². The number of hydrogen-bond acceptors (Lipinski definition) is 4. The molecule has 30 heavy (non-hydrogen) atoms. The third-order valence-electron chi connectivity index (χ3n) is 4.27. The van der Waals surface area contributed by atoms with E-state index in [0.717, 1.165) is 22.0 Å². The lowest BCUT2D eigenvalue weighted by atomic mass is 10.1. The van der Waals surface area contributed by atoms with Crippen molar-refractivity contribution in [2.24, 2.45) is 7.05 Å². The van der Waals surface area contributed by atoms with Crippen LogP contribution in [0.1, 0.15) is 27.9 Å². The van der Waals surface area contributed by atoms with E-state index < -0.39 is 0 Å². The highest BCUT2D eigenvalue weighted by Gasteiger charge is 2.11. The van der Waals surface area contributed by atoms with Crippen molar-refractivity contribution in [2.45, 2.75) is 6.42 Å². The Balaban J connectivity index is 1.83. The number of anilines is 1. The van der Waals surface area contributed by atoms with E-state index >= 15 is 0 Å². The lowest BCUT2D eigenvalue weighted by Gasteiger charge is -2.10. The number of halogens is 1. The van der Waals surface area contributed by atoms with E-state index in [9.17, 15) is 4.79 Å². The third-order valence-corrected chi connectivity index (χ3v) is 4.99. The van der Waals surface area contributed by atoms with Crippen molar-refractivity contribution < 1.29 is 14.3 Å². The minimum Gasteiger partial charge on any atom is -0.493 e. The van der Waals surface area contributed by atoms with Gasteiger partial charge in [0.1, 0.15) is 5.75 Å². The number of amides is 1. The molecular weight excluding hydrogens is 446 g/mol. The number of carbonyl (C=O) groups excluding carboxylic acids is 1. The molecule has 1 amide bonds. The maximum Gasteiger partial charge on any atom is 0.257 e. The molecule has 1 N–H and O–H groups in total. The van der Waals surface area contributed by atoms with Crippen LogP contribution in [0.5, 0.6) is 5.75 Å². The summed E-state index contributed by atoms with van der Waals surface area (Å²) in [6.45, 7) is 1.13. The molecule has 0 unspecified atom stereocenters. The van der Waals surface area contributed by atoms with Gasteiger partial charge in [-0.1, -0.05) is 46.3 Å². The van der Waals surface area contributed by atoms with Gasteiger partial charge in [-0.2, -0.15) is 5.10 Å². The summed E-state index contributed by atoms with van der Waals surface area (Å²) in [5, 5.41) is 7.01. The second-order valence-electron chi connectivity index (χ2n) is 6.67. The van der Waals surface area contributed by atoms with Crippen LogP contribution in [0.3, 0.4) is 0 Å². The fourth-order valence-electron chi connectivity index (χ4n) is 2.79. The zero-order valence-corrected chi connectivity index (χ0v) is 18.6. The minimum atomic E-state index is -0.244. The van der Waals surface area contributed by atoms with Crippen LogP contribution < -0.4 is 10.1 Å². The number of hydrogen-bond donors (Lipinski definition) is 1. The molecular formula is C23H24BrN3O3. The zero-order chi connectivity index (χ0) is 21.3. The summed E-state index contributed by atoms with van der Waals surface area (Å²) in [6, 6.07) is 15.2. The third kappa shape index (κ3) is 6.30. The number of aromatic nitrogens is 2. The zero-order valence-electron chi connectivity index (χ0n) is 17.0. The monoisotopic (exact) mass is 469 g/mol. The van der Waals surface area contributed by atoms with Crippen molar-refractivity contribution in [1.82, 2.24) is 9.78 Å². The summed E-state index contributed by atoms with van der Waals surface area (Å²) < 4.78 is 13.5. The second-order valence-corrected chi connectivity index (χ2v) is 7.52. The van der Waals surface area contributed by atoms with E-state index in [1.54, 1.807) is 37.2 Å². The standard InChI is InChI=1S/C23H24BrN3O3/c1-27-11-10-22(26-27)25-23(28)19-14-17(8-9-18-6-3-4-7-21(18)24)15-20(16-19)30-13-5-12-29-2/h3-4,6-11,14-16H,5,12-13H2,1-2H3,(H,25,26,28)/b9-8+.